The molecule has 7 heteroatoms. The Balaban J connectivity index is 1.95. The quantitative estimate of drug-likeness (QED) is 0.605. The number of anilines is 2. The fourth-order valence-corrected chi connectivity index (χ4v) is 2.97. The van der Waals surface area contributed by atoms with Crippen molar-refractivity contribution in [2.45, 2.75) is 20.3 Å². The number of rotatable bonds is 7. The van der Waals surface area contributed by atoms with E-state index in [2.05, 4.69) is 10.6 Å². The SMILES string of the molecule is COc1ccc(NC(=O)c2oc3ccccc3c2NC(=O)CC(C)C)c(OC)c1. The molecule has 0 aliphatic carbocycles. The molecule has 0 unspecified atom stereocenters. The van der Waals surface area contributed by atoms with E-state index in [0.717, 1.165) is 0 Å². The number of para-hydroxylation sites is 1. The van der Waals surface area contributed by atoms with Gasteiger partial charge in [0.15, 0.2) is 0 Å². The van der Waals surface area contributed by atoms with Crippen molar-refractivity contribution in [3.8, 4) is 11.5 Å². The third kappa shape index (κ3) is 4.51. The summed E-state index contributed by atoms with van der Waals surface area (Å²) < 4.78 is 16.3. The van der Waals surface area contributed by atoms with E-state index >= 15 is 0 Å². The van der Waals surface area contributed by atoms with Gasteiger partial charge in [-0.15, -0.1) is 0 Å². The molecule has 0 saturated carbocycles. The first kappa shape index (κ1) is 20.3. The number of nitrogens with one attached hydrogen (secondary N) is 2. The standard InChI is InChI=1S/C22H24N2O5/c1-13(2)11-19(25)24-20-15-7-5-6-8-17(15)29-21(20)22(26)23-16-10-9-14(27-3)12-18(16)28-4/h5-10,12-13H,11H2,1-4H3,(H,23,26)(H,24,25). The van der Waals surface area contributed by atoms with Crippen molar-refractivity contribution in [3.05, 3.63) is 48.2 Å². The number of furan rings is 1. The minimum absolute atomic E-state index is 0.0289. The van der Waals surface area contributed by atoms with E-state index in [9.17, 15) is 9.59 Å². The zero-order chi connectivity index (χ0) is 21.0. The van der Waals surface area contributed by atoms with Crippen LogP contribution in [0.5, 0.6) is 11.5 Å². The van der Waals surface area contributed by atoms with Crippen LogP contribution in [0.4, 0.5) is 11.4 Å². The molecule has 0 spiro atoms. The highest BCUT2D eigenvalue weighted by molar-refractivity contribution is 6.14. The summed E-state index contributed by atoms with van der Waals surface area (Å²) in [6.45, 7) is 3.91. The van der Waals surface area contributed by atoms with Crippen molar-refractivity contribution >= 4 is 34.2 Å². The molecule has 0 saturated heterocycles. The minimum atomic E-state index is -0.496. The third-order valence-electron chi connectivity index (χ3n) is 4.32. The van der Waals surface area contributed by atoms with Gasteiger partial charge in [-0.3, -0.25) is 9.59 Å². The predicted octanol–water partition coefficient (Wildman–Crippen LogP) is 4.69. The number of ether oxygens (including phenoxy) is 2. The molecule has 7 nitrogen and oxygen atoms in total. The first-order chi connectivity index (χ1) is 13.9. The van der Waals surface area contributed by atoms with Gasteiger partial charge in [0.25, 0.3) is 5.91 Å². The van der Waals surface area contributed by atoms with E-state index in [1.54, 1.807) is 43.5 Å². The Morgan fingerprint density at radius 3 is 2.48 bits per heavy atom. The van der Waals surface area contributed by atoms with Crippen molar-refractivity contribution in [2.75, 3.05) is 24.9 Å². The normalized spacial score (nSPS) is 10.8. The van der Waals surface area contributed by atoms with E-state index < -0.39 is 5.91 Å². The van der Waals surface area contributed by atoms with Gasteiger partial charge in [-0.2, -0.15) is 0 Å². The number of fused-ring (bicyclic) bond motifs is 1. The van der Waals surface area contributed by atoms with Crippen LogP contribution in [0.15, 0.2) is 46.9 Å². The van der Waals surface area contributed by atoms with Gasteiger partial charge in [-0.25, -0.2) is 0 Å². The molecule has 2 aromatic carbocycles. The molecule has 3 rings (SSSR count). The largest absolute Gasteiger partial charge is 0.497 e. The van der Waals surface area contributed by atoms with Gasteiger partial charge >= 0.3 is 0 Å². The number of benzene rings is 2. The molecule has 0 fully saturated rings. The summed E-state index contributed by atoms with van der Waals surface area (Å²) in [5.74, 6) is 0.590. The Kier molecular flexibility index (Phi) is 6.07. The highest BCUT2D eigenvalue weighted by Gasteiger charge is 2.23. The Morgan fingerprint density at radius 2 is 1.79 bits per heavy atom. The second kappa shape index (κ2) is 8.68. The molecule has 0 aliphatic heterocycles. The van der Waals surface area contributed by atoms with Gasteiger partial charge in [0, 0.05) is 17.9 Å². The van der Waals surface area contributed by atoms with Gasteiger partial charge in [-0.1, -0.05) is 26.0 Å². The van der Waals surface area contributed by atoms with E-state index in [1.807, 2.05) is 19.9 Å². The van der Waals surface area contributed by atoms with Crippen LogP contribution in [0, 0.1) is 5.92 Å². The van der Waals surface area contributed by atoms with E-state index in [4.69, 9.17) is 13.9 Å². The van der Waals surface area contributed by atoms with Crippen LogP contribution in [0.3, 0.4) is 0 Å². The number of carbonyl (C=O) groups is 2. The van der Waals surface area contributed by atoms with Crippen molar-refractivity contribution in [3.63, 3.8) is 0 Å². The molecule has 0 bridgehead atoms. The highest BCUT2D eigenvalue weighted by Crippen LogP contribution is 2.34. The summed E-state index contributed by atoms with van der Waals surface area (Å²) in [5, 5.41) is 6.28. The highest BCUT2D eigenvalue weighted by atomic mass is 16.5. The van der Waals surface area contributed by atoms with Crippen LogP contribution in [0.1, 0.15) is 30.8 Å². The smallest absolute Gasteiger partial charge is 0.293 e. The second-order valence-corrected chi connectivity index (χ2v) is 6.97. The Hall–Kier alpha value is -3.48. The molecular weight excluding hydrogens is 372 g/mol. The zero-order valence-electron chi connectivity index (χ0n) is 16.9. The molecule has 1 aromatic heterocycles. The lowest BCUT2D eigenvalue weighted by Crippen LogP contribution is -2.18. The molecule has 0 aliphatic rings. The minimum Gasteiger partial charge on any atom is -0.497 e. The number of carbonyl (C=O) groups excluding carboxylic acids is 2. The first-order valence-corrected chi connectivity index (χ1v) is 9.27. The summed E-state index contributed by atoms with van der Waals surface area (Å²) >= 11 is 0. The number of hydrogen-bond acceptors (Lipinski definition) is 5. The van der Waals surface area contributed by atoms with Gasteiger partial charge in [0.05, 0.1) is 19.9 Å². The fourth-order valence-electron chi connectivity index (χ4n) is 2.97. The second-order valence-electron chi connectivity index (χ2n) is 6.97. The first-order valence-electron chi connectivity index (χ1n) is 9.27. The maximum atomic E-state index is 13.0. The molecule has 2 amide bonds. The zero-order valence-corrected chi connectivity index (χ0v) is 16.9. The van der Waals surface area contributed by atoms with Gasteiger partial charge in [-0.05, 0) is 30.2 Å². The Bertz CT molecular complexity index is 1040. The van der Waals surface area contributed by atoms with E-state index in [1.165, 1.54) is 7.11 Å². The van der Waals surface area contributed by atoms with Crippen molar-refractivity contribution in [2.24, 2.45) is 5.92 Å². The summed E-state index contributed by atoms with van der Waals surface area (Å²) in [4.78, 5) is 25.3. The van der Waals surface area contributed by atoms with Gasteiger partial charge in [0.1, 0.15) is 22.8 Å². The van der Waals surface area contributed by atoms with Crippen LogP contribution in [-0.2, 0) is 4.79 Å². The third-order valence-corrected chi connectivity index (χ3v) is 4.32. The molecule has 2 N–H and O–H groups in total. The van der Waals surface area contributed by atoms with Crippen molar-refractivity contribution in [1.82, 2.24) is 0 Å². The van der Waals surface area contributed by atoms with Gasteiger partial charge in [0.2, 0.25) is 11.7 Å². The number of amides is 2. The Labute approximate surface area is 169 Å². The topological polar surface area (TPSA) is 89.8 Å². The maximum absolute atomic E-state index is 13.0. The Morgan fingerprint density at radius 1 is 1.03 bits per heavy atom. The van der Waals surface area contributed by atoms with Gasteiger partial charge < -0.3 is 24.5 Å². The lowest BCUT2D eigenvalue weighted by Gasteiger charge is -2.12. The van der Waals surface area contributed by atoms with Crippen LogP contribution in [0.2, 0.25) is 0 Å². The summed E-state index contributed by atoms with van der Waals surface area (Å²) in [7, 11) is 3.05. The summed E-state index contributed by atoms with van der Waals surface area (Å²) in [6.07, 6.45) is 0.340. The van der Waals surface area contributed by atoms with Crippen LogP contribution in [-0.4, -0.2) is 26.0 Å². The summed E-state index contributed by atoms with van der Waals surface area (Å²) in [5.41, 5.74) is 1.33. The average Bonchev–Trinajstić information content (AvgIpc) is 3.06. The molecule has 0 atom stereocenters. The number of hydrogen-bond donors (Lipinski definition) is 2. The van der Waals surface area contributed by atoms with E-state index in [-0.39, 0.29) is 17.6 Å². The van der Waals surface area contributed by atoms with Crippen LogP contribution >= 0.6 is 0 Å². The van der Waals surface area contributed by atoms with Crippen LogP contribution in [0.25, 0.3) is 11.0 Å². The molecule has 1 heterocycles. The fraction of sp³-hybridized carbons (Fsp3) is 0.273. The number of methoxy groups -OCH3 is 2. The molecule has 29 heavy (non-hydrogen) atoms. The van der Waals surface area contributed by atoms with E-state index in [0.29, 0.717) is 40.3 Å². The molecule has 3 aromatic rings. The van der Waals surface area contributed by atoms with Crippen molar-refractivity contribution in [1.29, 1.82) is 0 Å². The molecular formula is C22H24N2O5. The maximum Gasteiger partial charge on any atom is 0.293 e. The predicted molar refractivity (Wildman–Crippen MR) is 112 cm³/mol. The lowest BCUT2D eigenvalue weighted by molar-refractivity contribution is -0.116. The monoisotopic (exact) mass is 396 g/mol. The molecule has 152 valence electrons. The van der Waals surface area contributed by atoms with Crippen molar-refractivity contribution < 1.29 is 23.5 Å². The summed E-state index contributed by atoms with van der Waals surface area (Å²) in [6, 6.07) is 12.2. The van der Waals surface area contributed by atoms with Crippen LogP contribution < -0.4 is 20.1 Å². The lowest BCUT2D eigenvalue weighted by atomic mass is 10.1. The average molecular weight is 396 g/mol. The molecule has 0 radical (unpaired) electrons.